The average molecular weight is 393 g/mol. The van der Waals surface area contributed by atoms with Gasteiger partial charge >= 0.3 is 0 Å². The number of halogens is 1. The first-order chi connectivity index (χ1) is 11.5. The number of carbonyl (C=O) groups is 2. The number of hydrogen-bond donors (Lipinski definition) is 2. The second-order valence-electron chi connectivity index (χ2n) is 5.58. The number of amides is 2. The maximum atomic E-state index is 12.4. The third kappa shape index (κ3) is 4.23. The Labute approximate surface area is 149 Å². The molecule has 2 rings (SSSR count). The Morgan fingerprint density at radius 1 is 1.25 bits per heavy atom. The molecule has 0 unspecified atom stereocenters. The SMILES string of the molecule is CCCc1nn(C)c(C(N)=O)c1NC(=O)Cc1ccc(CBr)cc1. The molecule has 1 heterocycles. The number of primary amides is 1. The summed E-state index contributed by atoms with van der Waals surface area (Å²) in [5.41, 5.74) is 8.80. The van der Waals surface area contributed by atoms with Crippen molar-refractivity contribution in [3.8, 4) is 0 Å². The van der Waals surface area contributed by atoms with E-state index in [1.54, 1.807) is 7.05 Å². The Balaban J connectivity index is 2.19. The lowest BCUT2D eigenvalue weighted by Crippen LogP contribution is -2.21. The molecule has 0 fully saturated rings. The average Bonchev–Trinajstić information content (AvgIpc) is 2.84. The van der Waals surface area contributed by atoms with Crippen LogP contribution in [-0.2, 0) is 30.0 Å². The quantitative estimate of drug-likeness (QED) is 0.709. The first-order valence-corrected chi connectivity index (χ1v) is 8.87. The molecule has 0 aliphatic rings. The molecule has 2 aromatic rings. The highest BCUT2D eigenvalue weighted by atomic mass is 79.9. The molecule has 0 saturated heterocycles. The summed E-state index contributed by atoms with van der Waals surface area (Å²) in [5.74, 6) is -0.807. The van der Waals surface area contributed by atoms with Gasteiger partial charge < -0.3 is 11.1 Å². The predicted octanol–water partition coefficient (Wildman–Crippen LogP) is 2.55. The fraction of sp³-hybridized carbons (Fsp3) is 0.353. The Morgan fingerprint density at radius 3 is 2.42 bits per heavy atom. The molecule has 128 valence electrons. The summed E-state index contributed by atoms with van der Waals surface area (Å²) in [6, 6.07) is 7.78. The van der Waals surface area contributed by atoms with Crippen LogP contribution in [0.3, 0.4) is 0 Å². The fourth-order valence-electron chi connectivity index (χ4n) is 2.52. The highest BCUT2D eigenvalue weighted by Gasteiger charge is 2.21. The van der Waals surface area contributed by atoms with E-state index in [9.17, 15) is 9.59 Å². The molecule has 0 bridgehead atoms. The molecule has 0 atom stereocenters. The smallest absolute Gasteiger partial charge is 0.269 e. The standard InChI is InChI=1S/C17H21BrN4O2/c1-3-4-13-15(16(17(19)24)22(2)21-13)20-14(23)9-11-5-7-12(10-18)8-6-11/h5-8H,3-4,9-10H2,1-2H3,(H2,19,24)(H,20,23). The van der Waals surface area contributed by atoms with Crippen molar-refractivity contribution in [3.63, 3.8) is 0 Å². The Hall–Kier alpha value is -2.15. The molecular formula is C17H21BrN4O2. The minimum absolute atomic E-state index is 0.200. The molecule has 0 radical (unpaired) electrons. The van der Waals surface area contributed by atoms with Gasteiger partial charge in [-0.2, -0.15) is 5.10 Å². The number of rotatable bonds is 7. The van der Waals surface area contributed by atoms with Crippen LogP contribution in [-0.4, -0.2) is 21.6 Å². The number of nitrogens with one attached hydrogen (secondary N) is 1. The van der Waals surface area contributed by atoms with Gasteiger partial charge in [0.25, 0.3) is 5.91 Å². The van der Waals surface area contributed by atoms with Gasteiger partial charge in [-0.15, -0.1) is 0 Å². The van der Waals surface area contributed by atoms with Crippen LogP contribution >= 0.6 is 15.9 Å². The monoisotopic (exact) mass is 392 g/mol. The summed E-state index contributed by atoms with van der Waals surface area (Å²) in [5, 5.41) is 7.89. The van der Waals surface area contributed by atoms with Gasteiger partial charge in [0.15, 0.2) is 0 Å². The van der Waals surface area contributed by atoms with E-state index < -0.39 is 5.91 Å². The topological polar surface area (TPSA) is 90.0 Å². The molecule has 24 heavy (non-hydrogen) atoms. The minimum atomic E-state index is -0.607. The summed E-state index contributed by atoms with van der Waals surface area (Å²) in [6.45, 7) is 2.01. The number of aryl methyl sites for hydroxylation is 2. The van der Waals surface area contributed by atoms with Crippen molar-refractivity contribution in [1.82, 2.24) is 9.78 Å². The lowest BCUT2D eigenvalue weighted by molar-refractivity contribution is -0.115. The molecule has 1 aromatic carbocycles. The normalized spacial score (nSPS) is 10.6. The molecule has 2 amide bonds. The number of anilines is 1. The molecule has 1 aromatic heterocycles. The molecule has 0 aliphatic carbocycles. The largest absolute Gasteiger partial charge is 0.364 e. The highest BCUT2D eigenvalue weighted by Crippen LogP contribution is 2.22. The molecule has 7 heteroatoms. The van der Waals surface area contributed by atoms with Crippen molar-refractivity contribution in [2.45, 2.75) is 31.5 Å². The summed E-state index contributed by atoms with van der Waals surface area (Å²) in [4.78, 5) is 24.0. The van der Waals surface area contributed by atoms with E-state index >= 15 is 0 Å². The zero-order valence-electron chi connectivity index (χ0n) is 13.8. The van der Waals surface area contributed by atoms with Gasteiger partial charge in [0, 0.05) is 12.4 Å². The Bertz CT molecular complexity index is 738. The van der Waals surface area contributed by atoms with E-state index in [4.69, 9.17) is 5.73 Å². The molecule has 6 nitrogen and oxygen atoms in total. The Morgan fingerprint density at radius 2 is 1.88 bits per heavy atom. The minimum Gasteiger partial charge on any atom is -0.364 e. The number of aromatic nitrogens is 2. The van der Waals surface area contributed by atoms with Gasteiger partial charge in [-0.25, -0.2) is 0 Å². The zero-order chi connectivity index (χ0) is 17.7. The van der Waals surface area contributed by atoms with E-state index in [0.717, 1.165) is 22.9 Å². The maximum Gasteiger partial charge on any atom is 0.269 e. The van der Waals surface area contributed by atoms with Crippen LogP contribution in [0.25, 0.3) is 0 Å². The van der Waals surface area contributed by atoms with Crippen LogP contribution in [0.5, 0.6) is 0 Å². The van der Waals surface area contributed by atoms with Gasteiger partial charge in [-0.3, -0.25) is 14.3 Å². The molecule has 3 N–H and O–H groups in total. The van der Waals surface area contributed by atoms with Gasteiger partial charge in [0.1, 0.15) is 5.69 Å². The van der Waals surface area contributed by atoms with Gasteiger partial charge in [0.05, 0.1) is 17.8 Å². The van der Waals surface area contributed by atoms with Crippen LogP contribution in [0.4, 0.5) is 5.69 Å². The third-order valence-corrected chi connectivity index (χ3v) is 4.29. The molecular weight excluding hydrogens is 372 g/mol. The number of carbonyl (C=O) groups excluding carboxylic acids is 2. The number of alkyl halides is 1. The van der Waals surface area contributed by atoms with Crippen LogP contribution in [0, 0.1) is 0 Å². The first kappa shape index (κ1) is 18.2. The Kier molecular flexibility index (Phi) is 6.14. The molecule has 0 aliphatic heterocycles. The molecule has 0 saturated carbocycles. The first-order valence-electron chi connectivity index (χ1n) is 7.75. The van der Waals surface area contributed by atoms with Gasteiger partial charge in [0.2, 0.25) is 5.91 Å². The van der Waals surface area contributed by atoms with E-state index in [-0.39, 0.29) is 18.0 Å². The van der Waals surface area contributed by atoms with E-state index in [1.165, 1.54) is 4.68 Å². The van der Waals surface area contributed by atoms with Crippen LogP contribution in [0.15, 0.2) is 24.3 Å². The summed E-state index contributed by atoms with van der Waals surface area (Å²) in [7, 11) is 1.65. The summed E-state index contributed by atoms with van der Waals surface area (Å²) < 4.78 is 1.42. The lowest BCUT2D eigenvalue weighted by atomic mass is 10.1. The van der Waals surface area contributed by atoms with Gasteiger partial charge in [-0.05, 0) is 17.5 Å². The second kappa shape index (κ2) is 8.10. The second-order valence-corrected chi connectivity index (χ2v) is 6.14. The predicted molar refractivity (Wildman–Crippen MR) is 97.1 cm³/mol. The lowest BCUT2D eigenvalue weighted by Gasteiger charge is -2.08. The van der Waals surface area contributed by atoms with E-state index in [0.29, 0.717) is 17.8 Å². The fourth-order valence-corrected chi connectivity index (χ4v) is 2.89. The molecule has 0 spiro atoms. The highest BCUT2D eigenvalue weighted by molar-refractivity contribution is 9.08. The van der Waals surface area contributed by atoms with Crippen molar-refractivity contribution in [1.29, 1.82) is 0 Å². The van der Waals surface area contributed by atoms with E-state index in [2.05, 4.69) is 26.3 Å². The van der Waals surface area contributed by atoms with Crippen LogP contribution in [0.1, 0.15) is 40.7 Å². The number of nitrogens with zero attached hydrogens (tertiary/aromatic N) is 2. The number of nitrogens with two attached hydrogens (primary N) is 1. The number of benzene rings is 1. The van der Waals surface area contributed by atoms with Crippen molar-refractivity contribution in [3.05, 3.63) is 46.8 Å². The zero-order valence-corrected chi connectivity index (χ0v) is 15.4. The summed E-state index contributed by atoms with van der Waals surface area (Å²) >= 11 is 3.39. The van der Waals surface area contributed by atoms with Crippen molar-refractivity contribution in [2.75, 3.05) is 5.32 Å². The summed E-state index contributed by atoms with van der Waals surface area (Å²) in [6.07, 6.45) is 1.74. The number of hydrogen-bond acceptors (Lipinski definition) is 3. The van der Waals surface area contributed by atoms with Crippen LogP contribution < -0.4 is 11.1 Å². The third-order valence-electron chi connectivity index (χ3n) is 3.65. The van der Waals surface area contributed by atoms with E-state index in [1.807, 2.05) is 31.2 Å². The maximum absolute atomic E-state index is 12.4. The van der Waals surface area contributed by atoms with Crippen molar-refractivity contribution < 1.29 is 9.59 Å². The van der Waals surface area contributed by atoms with Crippen molar-refractivity contribution in [2.24, 2.45) is 12.8 Å². The van der Waals surface area contributed by atoms with Crippen molar-refractivity contribution >= 4 is 33.4 Å². The van der Waals surface area contributed by atoms with Crippen LogP contribution in [0.2, 0.25) is 0 Å². The van der Waals surface area contributed by atoms with Gasteiger partial charge in [-0.1, -0.05) is 53.5 Å².